The second-order valence-electron chi connectivity index (χ2n) is 6.57. The fourth-order valence-corrected chi connectivity index (χ4v) is 3.70. The van der Waals surface area contributed by atoms with Crippen LogP contribution < -0.4 is 16.0 Å². The number of hydrogen-bond acceptors (Lipinski definition) is 9. The zero-order valence-electron chi connectivity index (χ0n) is 15.9. The summed E-state index contributed by atoms with van der Waals surface area (Å²) in [4.78, 5) is 15.0. The molecular weight excluding hydrogens is 408 g/mol. The van der Waals surface area contributed by atoms with Crippen LogP contribution in [0.3, 0.4) is 0 Å². The average Bonchev–Trinajstić information content (AvgIpc) is 2.74. The van der Waals surface area contributed by atoms with E-state index in [0.29, 0.717) is 32.3 Å². The van der Waals surface area contributed by atoms with Gasteiger partial charge in [0.05, 0.1) is 18.9 Å². The molecule has 4 rings (SSSR count). The molecule has 0 saturated carbocycles. The Morgan fingerprint density at radius 3 is 2.43 bits per heavy atom. The summed E-state index contributed by atoms with van der Waals surface area (Å²) in [7, 11) is -4.49. The summed E-state index contributed by atoms with van der Waals surface area (Å²) in [5.41, 5.74) is 6.96. The zero-order chi connectivity index (χ0) is 21.1. The monoisotopic (exact) mass is 428 g/mol. The molecule has 30 heavy (non-hydrogen) atoms. The molecule has 0 amide bonds. The first-order chi connectivity index (χ1) is 14.4. The molecule has 0 unspecified atom stereocenters. The molecule has 1 aliphatic heterocycles. The number of benzene rings is 2. The maximum atomic E-state index is 11.6. The van der Waals surface area contributed by atoms with Crippen molar-refractivity contribution in [1.82, 2.24) is 15.0 Å². The largest absolute Gasteiger partial charge is 0.397 e. The molecule has 1 aliphatic rings. The number of anilines is 4. The summed E-state index contributed by atoms with van der Waals surface area (Å²) >= 11 is 0. The number of para-hydroxylation sites is 2. The Morgan fingerprint density at radius 1 is 1.00 bits per heavy atom. The van der Waals surface area contributed by atoms with Gasteiger partial charge in [-0.05, 0) is 24.3 Å². The van der Waals surface area contributed by atoms with Crippen molar-refractivity contribution in [2.24, 2.45) is 0 Å². The van der Waals surface area contributed by atoms with Crippen LogP contribution in [0.5, 0.6) is 0 Å². The summed E-state index contributed by atoms with van der Waals surface area (Å²) < 4.78 is 38.1. The van der Waals surface area contributed by atoms with Gasteiger partial charge in [-0.2, -0.15) is 23.4 Å². The molecule has 3 aromatic rings. The Morgan fingerprint density at radius 2 is 1.73 bits per heavy atom. The quantitative estimate of drug-likeness (QED) is 0.407. The number of nitrogens with zero attached hydrogens (tertiary/aromatic N) is 4. The molecule has 2 heterocycles. The number of aromatic nitrogens is 3. The van der Waals surface area contributed by atoms with E-state index in [1.165, 1.54) is 12.1 Å². The molecule has 156 valence electrons. The van der Waals surface area contributed by atoms with E-state index >= 15 is 0 Å². The van der Waals surface area contributed by atoms with Crippen molar-refractivity contribution in [3.05, 3.63) is 48.5 Å². The highest BCUT2D eigenvalue weighted by atomic mass is 32.2. The molecule has 11 heteroatoms. The highest BCUT2D eigenvalue weighted by molar-refractivity contribution is 7.86. The van der Waals surface area contributed by atoms with Gasteiger partial charge in [-0.25, -0.2) is 0 Å². The number of morpholine rings is 1. The average molecular weight is 428 g/mol. The van der Waals surface area contributed by atoms with Crippen LogP contribution in [-0.4, -0.2) is 54.2 Å². The van der Waals surface area contributed by atoms with Crippen molar-refractivity contribution in [2.45, 2.75) is 4.90 Å². The Bertz CT molecular complexity index is 1150. The molecule has 0 aliphatic carbocycles. The highest BCUT2D eigenvalue weighted by Gasteiger charge is 2.21. The molecule has 0 atom stereocenters. The second-order valence-corrected chi connectivity index (χ2v) is 7.96. The van der Waals surface area contributed by atoms with Gasteiger partial charge in [0, 0.05) is 24.3 Å². The number of nitrogens with two attached hydrogens (primary N) is 1. The smallest absolute Gasteiger partial charge is 0.296 e. The van der Waals surface area contributed by atoms with Crippen molar-refractivity contribution in [3.8, 4) is 11.4 Å². The number of nitrogen functional groups attached to an aromatic ring is 1. The number of ether oxygens (including phenoxy) is 1. The van der Waals surface area contributed by atoms with Crippen LogP contribution in [0.1, 0.15) is 0 Å². The van der Waals surface area contributed by atoms with E-state index in [0.717, 1.165) is 5.69 Å². The van der Waals surface area contributed by atoms with Gasteiger partial charge in [-0.15, -0.1) is 0 Å². The molecule has 2 aromatic carbocycles. The third-order valence-electron chi connectivity index (χ3n) is 4.53. The summed E-state index contributed by atoms with van der Waals surface area (Å²) in [6, 6.07) is 13.7. The van der Waals surface area contributed by atoms with Crippen LogP contribution in [0.4, 0.5) is 23.3 Å². The molecule has 1 saturated heterocycles. The lowest BCUT2D eigenvalue weighted by molar-refractivity contribution is 0.122. The Kier molecular flexibility index (Phi) is 5.48. The summed E-state index contributed by atoms with van der Waals surface area (Å²) in [5, 5.41) is 3.13. The van der Waals surface area contributed by atoms with E-state index in [-0.39, 0.29) is 23.0 Å². The van der Waals surface area contributed by atoms with Crippen LogP contribution in [0.2, 0.25) is 0 Å². The fourth-order valence-electron chi connectivity index (χ4n) is 3.06. The molecule has 1 fully saturated rings. The Labute approximate surface area is 173 Å². The number of nitrogens with one attached hydrogen (secondary N) is 1. The Hall–Kier alpha value is -3.28. The van der Waals surface area contributed by atoms with E-state index in [9.17, 15) is 13.0 Å². The minimum absolute atomic E-state index is 0.134. The van der Waals surface area contributed by atoms with Gasteiger partial charge in [-0.1, -0.05) is 24.3 Å². The standard InChI is InChI=1S/C19H20N6O4S/c20-16-14(7-4-8-15(16)30(26,27)28)17-22-18(21-13-5-2-1-3-6-13)24-19(23-17)25-9-11-29-12-10-25/h1-8H,9-12,20H2,(H,26,27,28)(H,21,22,23,24). The highest BCUT2D eigenvalue weighted by Crippen LogP contribution is 2.30. The lowest BCUT2D eigenvalue weighted by atomic mass is 10.1. The topological polar surface area (TPSA) is 144 Å². The van der Waals surface area contributed by atoms with Crippen LogP contribution >= 0.6 is 0 Å². The SMILES string of the molecule is Nc1c(-c2nc(Nc3ccccc3)nc(N3CCOCC3)n2)cccc1S(=O)(=O)O. The molecule has 0 spiro atoms. The normalized spacial score (nSPS) is 14.5. The number of rotatable bonds is 5. The molecule has 1 aromatic heterocycles. The van der Waals surface area contributed by atoms with Crippen molar-refractivity contribution >= 4 is 33.4 Å². The zero-order valence-corrected chi connectivity index (χ0v) is 16.7. The fraction of sp³-hybridized carbons (Fsp3) is 0.211. The van der Waals surface area contributed by atoms with Crippen LogP contribution in [0, 0.1) is 0 Å². The summed E-state index contributed by atoms with van der Waals surface area (Å²) in [6.07, 6.45) is 0. The van der Waals surface area contributed by atoms with Gasteiger partial charge in [-0.3, -0.25) is 4.55 Å². The van der Waals surface area contributed by atoms with Crippen LogP contribution in [-0.2, 0) is 14.9 Å². The molecule has 0 bridgehead atoms. The van der Waals surface area contributed by atoms with Gasteiger partial charge in [0.2, 0.25) is 11.9 Å². The van der Waals surface area contributed by atoms with Crippen molar-refractivity contribution < 1.29 is 17.7 Å². The van der Waals surface area contributed by atoms with E-state index in [1.807, 2.05) is 35.2 Å². The van der Waals surface area contributed by atoms with Gasteiger partial charge >= 0.3 is 0 Å². The lowest BCUT2D eigenvalue weighted by Crippen LogP contribution is -2.37. The first kappa shape index (κ1) is 20.0. The minimum atomic E-state index is -4.49. The second kappa shape index (κ2) is 8.22. The van der Waals surface area contributed by atoms with Crippen molar-refractivity contribution in [1.29, 1.82) is 0 Å². The van der Waals surface area contributed by atoms with Gasteiger partial charge in [0.25, 0.3) is 10.1 Å². The third-order valence-corrected chi connectivity index (χ3v) is 5.44. The van der Waals surface area contributed by atoms with Crippen molar-refractivity contribution in [2.75, 3.05) is 42.3 Å². The van der Waals surface area contributed by atoms with E-state index in [1.54, 1.807) is 6.07 Å². The number of hydrogen-bond donors (Lipinski definition) is 3. The maximum absolute atomic E-state index is 11.6. The van der Waals surface area contributed by atoms with Crippen molar-refractivity contribution in [3.63, 3.8) is 0 Å². The summed E-state index contributed by atoms with van der Waals surface area (Å²) in [5.74, 6) is 0.885. The van der Waals surface area contributed by atoms with Crippen LogP contribution in [0.25, 0.3) is 11.4 Å². The van der Waals surface area contributed by atoms with E-state index in [2.05, 4.69) is 20.3 Å². The first-order valence-corrected chi connectivity index (χ1v) is 10.6. The van der Waals surface area contributed by atoms with E-state index in [4.69, 9.17) is 10.5 Å². The lowest BCUT2D eigenvalue weighted by Gasteiger charge is -2.27. The molecule has 4 N–H and O–H groups in total. The van der Waals surface area contributed by atoms with Gasteiger partial charge in [0.15, 0.2) is 5.82 Å². The van der Waals surface area contributed by atoms with Gasteiger partial charge in [0.1, 0.15) is 4.90 Å². The molecule has 10 nitrogen and oxygen atoms in total. The van der Waals surface area contributed by atoms with E-state index < -0.39 is 15.0 Å². The molecule has 0 radical (unpaired) electrons. The summed E-state index contributed by atoms with van der Waals surface area (Å²) in [6.45, 7) is 2.30. The predicted molar refractivity (Wildman–Crippen MR) is 112 cm³/mol. The van der Waals surface area contributed by atoms with Crippen LogP contribution in [0.15, 0.2) is 53.4 Å². The first-order valence-electron chi connectivity index (χ1n) is 9.19. The predicted octanol–water partition coefficient (Wildman–Crippen LogP) is 1.95. The Balaban J connectivity index is 1.82. The van der Waals surface area contributed by atoms with Gasteiger partial charge < -0.3 is 20.7 Å². The maximum Gasteiger partial charge on any atom is 0.296 e. The molecular formula is C19H20N6O4S. The minimum Gasteiger partial charge on any atom is -0.397 e. The third kappa shape index (κ3) is 4.32.